The molecule has 0 unspecified atom stereocenters. The second-order valence-electron chi connectivity index (χ2n) is 3.58. The van der Waals surface area contributed by atoms with E-state index >= 15 is 0 Å². The number of nitrogen functional groups attached to an aromatic ring is 1. The first-order valence-electron chi connectivity index (χ1n) is 5.11. The SMILES string of the molecule is Nc1ccc([N+](=O)[O-])c(Nc2c(F)cccc2Cl)n1. The molecule has 3 N–H and O–H groups in total. The quantitative estimate of drug-likeness (QED) is 0.666. The van der Waals surface area contributed by atoms with Crippen LogP contribution in [0.1, 0.15) is 0 Å². The van der Waals surface area contributed by atoms with Gasteiger partial charge >= 0.3 is 5.69 Å². The lowest BCUT2D eigenvalue weighted by molar-refractivity contribution is -0.384. The summed E-state index contributed by atoms with van der Waals surface area (Å²) in [4.78, 5) is 14.0. The standard InChI is InChI=1S/C11H8ClFN4O2/c12-6-2-1-3-7(13)10(6)16-11-8(17(18)19)4-5-9(14)15-11/h1-5H,(H3,14,15,16). The summed E-state index contributed by atoms with van der Waals surface area (Å²) in [6, 6.07) is 6.51. The minimum Gasteiger partial charge on any atom is -0.384 e. The number of para-hydroxylation sites is 1. The van der Waals surface area contributed by atoms with Gasteiger partial charge < -0.3 is 11.1 Å². The molecule has 1 aromatic carbocycles. The molecule has 0 aliphatic carbocycles. The van der Waals surface area contributed by atoms with Gasteiger partial charge in [0.05, 0.1) is 15.6 Å². The van der Waals surface area contributed by atoms with Gasteiger partial charge in [-0.2, -0.15) is 0 Å². The first-order chi connectivity index (χ1) is 8.99. The van der Waals surface area contributed by atoms with E-state index in [4.69, 9.17) is 17.3 Å². The van der Waals surface area contributed by atoms with E-state index in [0.29, 0.717) is 0 Å². The van der Waals surface area contributed by atoms with Crippen LogP contribution in [-0.4, -0.2) is 9.91 Å². The fourth-order valence-electron chi connectivity index (χ4n) is 1.44. The molecule has 0 saturated heterocycles. The fourth-order valence-corrected chi connectivity index (χ4v) is 1.65. The number of halogens is 2. The van der Waals surface area contributed by atoms with Crippen molar-refractivity contribution in [1.82, 2.24) is 4.98 Å². The molecule has 0 amide bonds. The Labute approximate surface area is 112 Å². The molecule has 2 rings (SSSR count). The van der Waals surface area contributed by atoms with Gasteiger partial charge in [-0.15, -0.1) is 0 Å². The van der Waals surface area contributed by atoms with Gasteiger partial charge in [0.15, 0.2) is 0 Å². The molecule has 0 saturated carbocycles. The van der Waals surface area contributed by atoms with E-state index in [2.05, 4.69) is 10.3 Å². The second-order valence-corrected chi connectivity index (χ2v) is 3.99. The number of nitrogens with two attached hydrogens (primary N) is 1. The topological polar surface area (TPSA) is 94.1 Å². The molecule has 0 spiro atoms. The molecule has 2 aromatic rings. The van der Waals surface area contributed by atoms with E-state index < -0.39 is 10.7 Å². The number of nitro groups is 1. The lowest BCUT2D eigenvalue weighted by atomic mass is 10.3. The molecular weight excluding hydrogens is 275 g/mol. The van der Waals surface area contributed by atoms with Crippen molar-refractivity contribution in [3.63, 3.8) is 0 Å². The van der Waals surface area contributed by atoms with Gasteiger partial charge in [-0.25, -0.2) is 9.37 Å². The summed E-state index contributed by atoms with van der Waals surface area (Å²) in [5, 5.41) is 13.4. The largest absolute Gasteiger partial charge is 0.384 e. The third-order valence-corrected chi connectivity index (χ3v) is 2.61. The Bertz CT molecular complexity index is 630. The van der Waals surface area contributed by atoms with E-state index in [9.17, 15) is 14.5 Å². The van der Waals surface area contributed by atoms with Crippen LogP contribution in [0.15, 0.2) is 30.3 Å². The van der Waals surface area contributed by atoms with Crippen LogP contribution < -0.4 is 11.1 Å². The van der Waals surface area contributed by atoms with Gasteiger partial charge in [0, 0.05) is 6.07 Å². The molecule has 0 bridgehead atoms. The number of hydrogen-bond acceptors (Lipinski definition) is 5. The smallest absolute Gasteiger partial charge is 0.311 e. The fraction of sp³-hybridized carbons (Fsp3) is 0. The molecule has 8 heteroatoms. The summed E-state index contributed by atoms with van der Waals surface area (Å²) < 4.78 is 13.6. The number of pyridine rings is 1. The third kappa shape index (κ3) is 2.71. The summed E-state index contributed by atoms with van der Waals surface area (Å²) in [5.41, 5.74) is 5.04. The molecule has 98 valence electrons. The Balaban J connectivity index is 2.49. The number of benzene rings is 1. The summed E-state index contributed by atoms with van der Waals surface area (Å²) >= 11 is 5.82. The number of anilines is 3. The van der Waals surface area contributed by atoms with E-state index in [-0.39, 0.29) is 28.0 Å². The molecule has 1 aromatic heterocycles. The zero-order valence-corrected chi connectivity index (χ0v) is 10.2. The van der Waals surface area contributed by atoms with Crippen LogP contribution in [0, 0.1) is 15.9 Å². The lowest BCUT2D eigenvalue weighted by Gasteiger charge is -2.09. The van der Waals surface area contributed by atoms with Crippen molar-refractivity contribution in [3.05, 3.63) is 51.3 Å². The molecular formula is C11H8ClFN4O2. The highest BCUT2D eigenvalue weighted by molar-refractivity contribution is 6.33. The zero-order valence-electron chi connectivity index (χ0n) is 9.43. The first kappa shape index (κ1) is 13.0. The highest BCUT2D eigenvalue weighted by Gasteiger charge is 2.18. The van der Waals surface area contributed by atoms with Crippen LogP contribution in [0.2, 0.25) is 5.02 Å². The summed E-state index contributed by atoms with van der Waals surface area (Å²) in [6.07, 6.45) is 0. The summed E-state index contributed by atoms with van der Waals surface area (Å²) in [6.45, 7) is 0. The monoisotopic (exact) mass is 282 g/mol. The first-order valence-corrected chi connectivity index (χ1v) is 5.49. The van der Waals surface area contributed by atoms with Gasteiger partial charge in [-0.05, 0) is 18.2 Å². The van der Waals surface area contributed by atoms with Gasteiger partial charge in [0.1, 0.15) is 11.6 Å². The Hall–Kier alpha value is -2.41. The summed E-state index contributed by atoms with van der Waals surface area (Å²) in [5.74, 6) is -0.747. The van der Waals surface area contributed by atoms with Crippen molar-refractivity contribution < 1.29 is 9.31 Å². The molecule has 6 nitrogen and oxygen atoms in total. The van der Waals surface area contributed by atoms with Crippen LogP contribution in [-0.2, 0) is 0 Å². The van der Waals surface area contributed by atoms with E-state index in [1.807, 2.05) is 0 Å². The van der Waals surface area contributed by atoms with Crippen molar-refractivity contribution in [2.24, 2.45) is 0 Å². The Kier molecular flexibility index (Phi) is 3.48. The van der Waals surface area contributed by atoms with Crippen LogP contribution in [0.5, 0.6) is 0 Å². The minimum atomic E-state index is -0.649. The molecule has 19 heavy (non-hydrogen) atoms. The van der Waals surface area contributed by atoms with Crippen molar-refractivity contribution in [1.29, 1.82) is 0 Å². The van der Waals surface area contributed by atoms with Crippen LogP contribution in [0.3, 0.4) is 0 Å². The molecule has 0 aliphatic rings. The molecule has 0 aliphatic heterocycles. The predicted molar refractivity (Wildman–Crippen MR) is 70.0 cm³/mol. The summed E-state index contributed by atoms with van der Waals surface area (Å²) in [7, 11) is 0. The lowest BCUT2D eigenvalue weighted by Crippen LogP contribution is -2.03. The maximum absolute atomic E-state index is 13.6. The second kappa shape index (κ2) is 5.07. The van der Waals surface area contributed by atoms with Crippen LogP contribution in [0.4, 0.5) is 27.4 Å². The maximum atomic E-state index is 13.6. The number of nitrogens with zero attached hydrogens (tertiary/aromatic N) is 2. The van der Waals surface area contributed by atoms with Gasteiger partial charge in [0.2, 0.25) is 5.82 Å². The number of aromatic nitrogens is 1. The minimum absolute atomic E-state index is 0.0700. The van der Waals surface area contributed by atoms with Crippen molar-refractivity contribution in [2.45, 2.75) is 0 Å². The average molecular weight is 283 g/mol. The highest BCUT2D eigenvalue weighted by Crippen LogP contribution is 2.31. The van der Waals surface area contributed by atoms with Crippen LogP contribution in [0.25, 0.3) is 0 Å². The average Bonchev–Trinajstić information content (AvgIpc) is 2.33. The number of hydrogen-bond donors (Lipinski definition) is 2. The van der Waals surface area contributed by atoms with Crippen molar-refractivity contribution in [3.8, 4) is 0 Å². The van der Waals surface area contributed by atoms with Crippen molar-refractivity contribution in [2.75, 3.05) is 11.1 Å². The van der Waals surface area contributed by atoms with Gasteiger partial charge in [0.25, 0.3) is 0 Å². The van der Waals surface area contributed by atoms with E-state index in [1.54, 1.807) is 0 Å². The van der Waals surface area contributed by atoms with Crippen LogP contribution >= 0.6 is 11.6 Å². The zero-order chi connectivity index (χ0) is 14.0. The normalized spacial score (nSPS) is 10.2. The molecule has 0 fully saturated rings. The number of nitrogens with one attached hydrogen (secondary N) is 1. The Morgan fingerprint density at radius 1 is 1.37 bits per heavy atom. The van der Waals surface area contributed by atoms with E-state index in [1.165, 1.54) is 30.3 Å². The number of rotatable bonds is 3. The van der Waals surface area contributed by atoms with Gasteiger partial charge in [-0.3, -0.25) is 10.1 Å². The highest BCUT2D eigenvalue weighted by atomic mass is 35.5. The van der Waals surface area contributed by atoms with E-state index in [0.717, 1.165) is 0 Å². The predicted octanol–water partition coefficient (Wildman–Crippen LogP) is 3.11. The molecule has 1 heterocycles. The third-order valence-electron chi connectivity index (χ3n) is 2.30. The Morgan fingerprint density at radius 2 is 2.11 bits per heavy atom. The maximum Gasteiger partial charge on any atom is 0.311 e. The van der Waals surface area contributed by atoms with Gasteiger partial charge in [-0.1, -0.05) is 17.7 Å². The molecule has 0 radical (unpaired) electrons. The Morgan fingerprint density at radius 3 is 2.74 bits per heavy atom. The van der Waals surface area contributed by atoms with Crippen molar-refractivity contribution >= 4 is 34.6 Å². The molecule has 0 atom stereocenters.